The molecule has 1 aliphatic carbocycles. The van der Waals surface area contributed by atoms with Gasteiger partial charge in [-0.15, -0.1) is 10.2 Å². The van der Waals surface area contributed by atoms with Crippen LogP contribution < -0.4 is 10.6 Å². The van der Waals surface area contributed by atoms with E-state index in [2.05, 4.69) is 20.8 Å². The van der Waals surface area contributed by atoms with Gasteiger partial charge in [0.1, 0.15) is 5.82 Å². The van der Waals surface area contributed by atoms with Gasteiger partial charge in [-0.05, 0) is 31.9 Å². The maximum absolute atomic E-state index is 11.6. The van der Waals surface area contributed by atoms with Gasteiger partial charge in [0.15, 0.2) is 5.69 Å². The minimum atomic E-state index is -0.292. The van der Waals surface area contributed by atoms with E-state index in [1.165, 1.54) is 6.42 Å². The number of nitrogens with zero attached hydrogens (tertiary/aromatic N) is 2. The molecule has 6 heteroatoms. The van der Waals surface area contributed by atoms with Crippen LogP contribution in [0.1, 0.15) is 49.5 Å². The van der Waals surface area contributed by atoms with E-state index in [0.29, 0.717) is 18.1 Å². The first-order chi connectivity index (χ1) is 9.69. The van der Waals surface area contributed by atoms with Crippen molar-refractivity contribution in [2.24, 2.45) is 0 Å². The van der Waals surface area contributed by atoms with Crippen molar-refractivity contribution in [3.05, 3.63) is 17.8 Å². The average Bonchev–Trinajstić information content (AvgIpc) is 2.49. The normalized spacial score (nSPS) is 17.5. The number of aromatic nitrogens is 2. The van der Waals surface area contributed by atoms with Crippen molar-refractivity contribution in [3.8, 4) is 0 Å². The third kappa shape index (κ3) is 3.45. The van der Waals surface area contributed by atoms with Gasteiger partial charge in [0.05, 0.1) is 12.1 Å². The van der Waals surface area contributed by atoms with Crippen molar-refractivity contribution >= 4 is 11.7 Å². The van der Waals surface area contributed by atoms with Gasteiger partial charge in [-0.3, -0.25) is 4.79 Å². The maximum Gasteiger partial charge on any atom is 0.271 e. The van der Waals surface area contributed by atoms with Crippen LogP contribution in [-0.4, -0.2) is 39.9 Å². The van der Waals surface area contributed by atoms with Crippen LogP contribution in [0.5, 0.6) is 0 Å². The molecule has 1 aliphatic rings. The summed E-state index contributed by atoms with van der Waals surface area (Å²) in [5.74, 6) is 0.384. The first kappa shape index (κ1) is 14.7. The van der Waals surface area contributed by atoms with Gasteiger partial charge in [0, 0.05) is 6.54 Å². The van der Waals surface area contributed by atoms with Crippen molar-refractivity contribution in [3.63, 3.8) is 0 Å². The van der Waals surface area contributed by atoms with Gasteiger partial charge in [0.25, 0.3) is 5.91 Å². The molecule has 0 atom stereocenters. The Labute approximate surface area is 119 Å². The van der Waals surface area contributed by atoms with E-state index in [1.54, 1.807) is 12.1 Å². The Bertz CT molecular complexity index is 441. The van der Waals surface area contributed by atoms with Crippen LogP contribution in [0.3, 0.4) is 0 Å². The lowest BCUT2D eigenvalue weighted by Gasteiger charge is -2.36. The van der Waals surface area contributed by atoms with E-state index in [4.69, 9.17) is 0 Å². The molecule has 1 aromatic rings. The third-order valence-corrected chi connectivity index (χ3v) is 3.74. The van der Waals surface area contributed by atoms with E-state index in [-0.39, 0.29) is 18.1 Å². The summed E-state index contributed by atoms with van der Waals surface area (Å²) in [5.41, 5.74) is 0.0132. The number of carbonyl (C=O) groups is 1. The van der Waals surface area contributed by atoms with Gasteiger partial charge in [-0.25, -0.2) is 0 Å². The lowest BCUT2D eigenvalue weighted by Crippen LogP contribution is -2.44. The van der Waals surface area contributed by atoms with Crippen molar-refractivity contribution in [2.75, 3.05) is 18.5 Å². The monoisotopic (exact) mass is 278 g/mol. The molecule has 0 radical (unpaired) electrons. The van der Waals surface area contributed by atoms with Gasteiger partial charge in [-0.2, -0.15) is 0 Å². The van der Waals surface area contributed by atoms with Crippen molar-refractivity contribution in [2.45, 2.75) is 44.6 Å². The molecule has 110 valence electrons. The van der Waals surface area contributed by atoms with Crippen LogP contribution >= 0.6 is 0 Å². The summed E-state index contributed by atoms with van der Waals surface area (Å²) in [7, 11) is 0. The van der Waals surface area contributed by atoms with Crippen LogP contribution in [0, 0.1) is 0 Å². The maximum atomic E-state index is 11.6. The lowest BCUT2D eigenvalue weighted by molar-refractivity contribution is 0.0950. The predicted molar refractivity (Wildman–Crippen MR) is 76.6 cm³/mol. The van der Waals surface area contributed by atoms with E-state index >= 15 is 0 Å². The highest BCUT2D eigenvalue weighted by atomic mass is 16.3. The van der Waals surface area contributed by atoms with Gasteiger partial charge >= 0.3 is 0 Å². The number of aliphatic hydroxyl groups is 1. The number of nitrogens with one attached hydrogen (secondary N) is 2. The fourth-order valence-electron chi connectivity index (χ4n) is 2.59. The zero-order valence-electron chi connectivity index (χ0n) is 11.9. The Morgan fingerprint density at radius 2 is 2.05 bits per heavy atom. The minimum absolute atomic E-state index is 0.0900. The molecular formula is C14H22N4O2. The minimum Gasteiger partial charge on any atom is -0.394 e. The highest BCUT2D eigenvalue weighted by molar-refractivity contribution is 5.92. The number of anilines is 1. The Balaban J connectivity index is 2.04. The second kappa shape index (κ2) is 6.65. The number of carbonyl (C=O) groups excluding carboxylic acids is 1. The van der Waals surface area contributed by atoms with Gasteiger partial charge < -0.3 is 15.7 Å². The van der Waals surface area contributed by atoms with Crippen LogP contribution in [0.15, 0.2) is 12.1 Å². The molecule has 1 heterocycles. The van der Waals surface area contributed by atoms with Crippen LogP contribution in [-0.2, 0) is 0 Å². The summed E-state index contributed by atoms with van der Waals surface area (Å²) in [4.78, 5) is 11.6. The van der Waals surface area contributed by atoms with Crippen molar-refractivity contribution < 1.29 is 9.90 Å². The predicted octanol–water partition coefficient (Wildman–Crippen LogP) is 1.33. The number of hydrogen-bond acceptors (Lipinski definition) is 5. The fraction of sp³-hybridized carbons (Fsp3) is 0.643. The Morgan fingerprint density at radius 3 is 2.60 bits per heavy atom. The Hall–Kier alpha value is -1.69. The number of rotatable bonds is 5. The fourth-order valence-corrected chi connectivity index (χ4v) is 2.59. The van der Waals surface area contributed by atoms with E-state index in [1.807, 2.05) is 6.92 Å². The summed E-state index contributed by atoms with van der Waals surface area (Å²) < 4.78 is 0. The second-order valence-electron chi connectivity index (χ2n) is 5.29. The molecule has 0 unspecified atom stereocenters. The van der Waals surface area contributed by atoms with Gasteiger partial charge in [-0.1, -0.05) is 19.3 Å². The summed E-state index contributed by atoms with van der Waals surface area (Å²) in [6.45, 7) is 2.51. The average molecular weight is 278 g/mol. The van der Waals surface area contributed by atoms with E-state index < -0.39 is 0 Å². The first-order valence-electron chi connectivity index (χ1n) is 7.20. The molecule has 0 saturated heterocycles. The SMILES string of the molecule is CCNC(=O)c1ccc(NC2(CO)CCCCC2)nn1. The molecule has 0 aliphatic heterocycles. The van der Waals surface area contributed by atoms with E-state index in [9.17, 15) is 9.90 Å². The largest absolute Gasteiger partial charge is 0.394 e. The van der Waals surface area contributed by atoms with Crippen LogP contribution in [0.4, 0.5) is 5.82 Å². The van der Waals surface area contributed by atoms with E-state index in [0.717, 1.165) is 25.7 Å². The lowest BCUT2D eigenvalue weighted by atomic mass is 9.82. The molecule has 6 nitrogen and oxygen atoms in total. The Morgan fingerprint density at radius 1 is 1.30 bits per heavy atom. The van der Waals surface area contributed by atoms with Crippen molar-refractivity contribution in [1.82, 2.24) is 15.5 Å². The topological polar surface area (TPSA) is 87.1 Å². The number of aliphatic hydroxyl groups excluding tert-OH is 1. The first-order valence-corrected chi connectivity index (χ1v) is 7.20. The Kier molecular flexibility index (Phi) is 4.89. The molecule has 1 amide bonds. The second-order valence-corrected chi connectivity index (χ2v) is 5.29. The zero-order valence-corrected chi connectivity index (χ0v) is 11.9. The molecular weight excluding hydrogens is 256 g/mol. The van der Waals surface area contributed by atoms with Crippen LogP contribution in [0.25, 0.3) is 0 Å². The van der Waals surface area contributed by atoms with Gasteiger partial charge in [0.2, 0.25) is 0 Å². The zero-order chi connectivity index (χ0) is 14.4. The summed E-state index contributed by atoms with van der Waals surface area (Å²) in [5, 5.41) is 23.6. The highest BCUT2D eigenvalue weighted by Crippen LogP contribution is 2.30. The third-order valence-electron chi connectivity index (χ3n) is 3.74. The molecule has 3 N–H and O–H groups in total. The standard InChI is InChI=1S/C14H22N4O2/c1-2-15-13(20)11-6-7-12(18-17-11)16-14(10-19)8-4-3-5-9-14/h6-7,19H,2-5,8-10H2,1H3,(H,15,20)(H,16,18). The summed E-state index contributed by atoms with van der Waals surface area (Å²) in [6.07, 6.45) is 5.30. The number of amides is 1. The molecule has 1 aromatic heterocycles. The molecule has 20 heavy (non-hydrogen) atoms. The van der Waals surface area contributed by atoms with Crippen LogP contribution in [0.2, 0.25) is 0 Å². The molecule has 1 fully saturated rings. The summed E-state index contributed by atoms with van der Waals surface area (Å²) in [6, 6.07) is 3.39. The highest BCUT2D eigenvalue weighted by Gasteiger charge is 2.31. The van der Waals surface area contributed by atoms with Crippen molar-refractivity contribution in [1.29, 1.82) is 0 Å². The molecule has 2 rings (SSSR count). The molecule has 0 bridgehead atoms. The molecule has 0 spiro atoms. The smallest absolute Gasteiger partial charge is 0.271 e. The molecule has 1 saturated carbocycles. The summed E-state index contributed by atoms with van der Waals surface area (Å²) >= 11 is 0. The number of hydrogen-bond donors (Lipinski definition) is 3. The quantitative estimate of drug-likeness (QED) is 0.756. The molecule has 0 aromatic carbocycles.